The number of nitrogens with zero attached hydrogens (tertiary/aromatic N) is 1. The fourth-order valence-corrected chi connectivity index (χ4v) is 4.59. The van der Waals surface area contributed by atoms with E-state index in [1.54, 1.807) is 18.7 Å². The molecule has 1 amide bonds. The van der Waals surface area contributed by atoms with E-state index in [0.29, 0.717) is 19.4 Å². The van der Waals surface area contributed by atoms with Crippen molar-refractivity contribution in [1.29, 1.82) is 0 Å². The summed E-state index contributed by atoms with van der Waals surface area (Å²) in [5.74, 6) is 0. The topological polar surface area (TPSA) is 75.7 Å². The number of hydrogen-bond acceptors (Lipinski definition) is 4. The zero-order valence-corrected chi connectivity index (χ0v) is 17.9. The molecule has 2 atom stereocenters. The standard InChI is InChI=1S/C22H28N2O4S/c1-16(2)28-22(25)24-13-12-20(23-29(3,26)27)21(24)15-17-8-7-11-19(14-17)18-9-5-4-6-10-18/h4-11,14,16,20-21,23H,12-13,15H2,1-3H3/t20-,21-/m1/s1. The van der Waals surface area contributed by atoms with E-state index < -0.39 is 16.1 Å². The van der Waals surface area contributed by atoms with Crippen LogP contribution in [0.4, 0.5) is 4.79 Å². The summed E-state index contributed by atoms with van der Waals surface area (Å²) in [6, 6.07) is 17.6. The molecule has 0 bridgehead atoms. The lowest BCUT2D eigenvalue weighted by Gasteiger charge is -2.28. The maximum Gasteiger partial charge on any atom is 0.410 e. The predicted octanol–water partition coefficient (Wildman–Crippen LogP) is 3.43. The van der Waals surface area contributed by atoms with Gasteiger partial charge in [0.1, 0.15) is 0 Å². The van der Waals surface area contributed by atoms with Gasteiger partial charge < -0.3 is 9.64 Å². The first-order valence-corrected chi connectivity index (χ1v) is 11.7. The molecule has 0 aromatic heterocycles. The molecule has 1 saturated heterocycles. The van der Waals surface area contributed by atoms with Gasteiger partial charge in [0.2, 0.25) is 10.0 Å². The van der Waals surface area contributed by atoms with Crippen molar-refractivity contribution in [3.63, 3.8) is 0 Å². The first-order valence-electron chi connectivity index (χ1n) is 9.82. The maximum atomic E-state index is 12.6. The average molecular weight is 417 g/mol. The first kappa shape index (κ1) is 21.3. The van der Waals surface area contributed by atoms with Crippen molar-refractivity contribution in [3.8, 4) is 11.1 Å². The predicted molar refractivity (Wildman–Crippen MR) is 114 cm³/mol. The molecular weight excluding hydrogens is 388 g/mol. The highest BCUT2D eigenvalue weighted by Gasteiger charge is 2.39. The van der Waals surface area contributed by atoms with Gasteiger partial charge in [0.15, 0.2) is 0 Å². The maximum absolute atomic E-state index is 12.6. The number of rotatable bonds is 6. The van der Waals surface area contributed by atoms with E-state index in [4.69, 9.17) is 4.74 Å². The summed E-state index contributed by atoms with van der Waals surface area (Å²) in [5.41, 5.74) is 3.24. The molecule has 3 rings (SSSR count). The Morgan fingerprint density at radius 2 is 1.83 bits per heavy atom. The SMILES string of the molecule is CC(C)OC(=O)N1CC[C@@H](NS(C)(=O)=O)[C@H]1Cc1cccc(-c2ccccc2)c1. The Balaban J connectivity index is 1.86. The van der Waals surface area contributed by atoms with Crippen molar-refractivity contribution in [1.82, 2.24) is 9.62 Å². The van der Waals surface area contributed by atoms with Gasteiger partial charge in [-0.1, -0.05) is 54.6 Å². The number of carbonyl (C=O) groups is 1. The molecule has 7 heteroatoms. The van der Waals surface area contributed by atoms with Gasteiger partial charge in [0, 0.05) is 12.6 Å². The van der Waals surface area contributed by atoms with Crippen molar-refractivity contribution in [2.45, 2.75) is 44.9 Å². The van der Waals surface area contributed by atoms with Crippen LogP contribution in [0.2, 0.25) is 0 Å². The van der Waals surface area contributed by atoms with Crippen molar-refractivity contribution < 1.29 is 17.9 Å². The Kier molecular flexibility index (Phi) is 6.59. The lowest BCUT2D eigenvalue weighted by molar-refractivity contribution is 0.0719. The molecule has 1 heterocycles. The minimum absolute atomic E-state index is 0.230. The molecule has 0 spiro atoms. The zero-order chi connectivity index (χ0) is 21.0. The normalized spacial score (nSPS) is 19.5. The molecule has 29 heavy (non-hydrogen) atoms. The molecular formula is C22H28N2O4S. The summed E-state index contributed by atoms with van der Waals surface area (Å²) >= 11 is 0. The molecule has 1 fully saturated rings. The summed E-state index contributed by atoms with van der Waals surface area (Å²) in [5, 5.41) is 0. The Hall–Kier alpha value is -2.38. The number of ether oxygens (including phenoxy) is 1. The van der Waals surface area contributed by atoms with E-state index in [-0.39, 0.29) is 18.2 Å². The summed E-state index contributed by atoms with van der Waals surface area (Å²) < 4.78 is 31.7. The highest BCUT2D eigenvalue weighted by atomic mass is 32.2. The second-order valence-electron chi connectivity index (χ2n) is 7.75. The van der Waals surface area contributed by atoms with Crippen molar-refractivity contribution in [2.24, 2.45) is 0 Å². The molecule has 6 nitrogen and oxygen atoms in total. The van der Waals surface area contributed by atoms with Crippen LogP contribution in [0.1, 0.15) is 25.8 Å². The number of likely N-dealkylation sites (tertiary alicyclic amines) is 1. The van der Waals surface area contributed by atoms with Crippen LogP contribution < -0.4 is 4.72 Å². The number of carbonyl (C=O) groups excluding carboxylic acids is 1. The molecule has 2 aromatic carbocycles. The van der Waals surface area contributed by atoms with E-state index in [1.807, 2.05) is 36.4 Å². The van der Waals surface area contributed by atoms with Crippen LogP contribution in [0.15, 0.2) is 54.6 Å². The van der Waals surface area contributed by atoms with Gasteiger partial charge in [-0.15, -0.1) is 0 Å². The van der Waals surface area contributed by atoms with E-state index in [1.165, 1.54) is 0 Å². The zero-order valence-electron chi connectivity index (χ0n) is 17.0. The third kappa shape index (κ3) is 5.81. The third-order valence-corrected chi connectivity index (χ3v) is 5.69. The largest absolute Gasteiger partial charge is 0.447 e. The Labute approximate surface area is 172 Å². The van der Waals surface area contributed by atoms with Crippen LogP contribution in [0.5, 0.6) is 0 Å². The Morgan fingerprint density at radius 1 is 1.14 bits per heavy atom. The average Bonchev–Trinajstić information content (AvgIpc) is 3.03. The van der Waals surface area contributed by atoms with Crippen LogP contribution >= 0.6 is 0 Å². The van der Waals surface area contributed by atoms with Gasteiger partial charge >= 0.3 is 6.09 Å². The summed E-state index contributed by atoms with van der Waals surface area (Å²) in [7, 11) is -3.38. The summed E-state index contributed by atoms with van der Waals surface area (Å²) in [6.07, 6.45) is 1.62. The van der Waals surface area contributed by atoms with Crippen LogP contribution in [0, 0.1) is 0 Å². The number of nitrogens with one attached hydrogen (secondary N) is 1. The number of sulfonamides is 1. The molecule has 156 valence electrons. The highest BCUT2D eigenvalue weighted by molar-refractivity contribution is 7.88. The fraction of sp³-hybridized carbons (Fsp3) is 0.409. The van der Waals surface area contributed by atoms with E-state index in [0.717, 1.165) is 22.9 Å². The minimum atomic E-state index is -3.38. The smallest absolute Gasteiger partial charge is 0.410 e. The van der Waals surface area contributed by atoms with Gasteiger partial charge in [-0.3, -0.25) is 0 Å². The molecule has 0 saturated carbocycles. The monoisotopic (exact) mass is 416 g/mol. The van der Waals surface area contributed by atoms with E-state index >= 15 is 0 Å². The molecule has 1 aliphatic rings. The van der Waals surface area contributed by atoms with Crippen LogP contribution in [0.25, 0.3) is 11.1 Å². The van der Waals surface area contributed by atoms with Crippen molar-refractivity contribution in [2.75, 3.05) is 12.8 Å². The summed E-state index contributed by atoms with van der Waals surface area (Å²) in [4.78, 5) is 14.2. The second-order valence-corrected chi connectivity index (χ2v) is 9.53. The summed E-state index contributed by atoms with van der Waals surface area (Å²) in [6.45, 7) is 4.07. The molecule has 0 radical (unpaired) electrons. The van der Waals surface area contributed by atoms with Gasteiger partial charge in [0.25, 0.3) is 0 Å². The van der Waals surface area contributed by atoms with E-state index in [2.05, 4.69) is 22.9 Å². The van der Waals surface area contributed by atoms with Crippen molar-refractivity contribution in [3.05, 3.63) is 60.2 Å². The lowest BCUT2D eigenvalue weighted by atomic mass is 9.97. The quantitative estimate of drug-likeness (QED) is 0.783. The molecule has 0 aliphatic carbocycles. The van der Waals surface area contributed by atoms with Crippen LogP contribution in [0.3, 0.4) is 0 Å². The molecule has 1 aliphatic heterocycles. The molecule has 0 unspecified atom stereocenters. The lowest BCUT2D eigenvalue weighted by Crippen LogP contribution is -2.48. The Bertz CT molecular complexity index is 944. The molecule has 1 N–H and O–H groups in total. The van der Waals surface area contributed by atoms with Gasteiger partial charge in [-0.05, 0) is 43.4 Å². The number of hydrogen-bond donors (Lipinski definition) is 1. The van der Waals surface area contributed by atoms with E-state index in [9.17, 15) is 13.2 Å². The first-order chi connectivity index (χ1) is 13.7. The van der Waals surface area contributed by atoms with Gasteiger partial charge in [0.05, 0.1) is 18.4 Å². The van der Waals surface area contributed by atoms with Crippen LogP contribution in [-0.2, 0) is 21.2 Å². The minimum Gasteiger partial charge on any atom is -0.447 e. The second kappa shape index (κ2) is 8.97. The fourth-order valence-electron chi connectivity index (χ4n) is 3.76. The van der Waals surface area contributed by atoms with Gasteiger partial charge in [-0.25, -0.2) is 17.9 Å². The van der Waals surface area contributed by atoms with Gasteiger partial charge in [-0.2, -0.15) is 0 Å². The third-order valence-electron chi connectivity index (χ3n) is 4.96. The molecule has 2 aromatic rings. The number of amides is 1. The van der Waals surface area contributed by atoms with Crippen LogP contribution in [-0.4, -0.2) is 50.4 Å². The number of benzene rings is 2. The Morgan fingerprint density at radius 3 is 2.48 bits per heavy atom. The highest BCUT2D eigenvalue weighted by Crippen LogP contribution is 2.26. The van der Waals surface area contributed by atoms with Crippen molar-refractivity contribution >= 4 is 16.1 Å².